The molecule has 1 aromatic heterocycles. The van der Waals surface area contributed by atoms with Gasteiger partial charge in [0.1, 0.15) is 12.4 Å². The Morgan fingerprint density at radius 3 is 2.65 bits per heavy atom. The largest absolute Gasteiger partial charge is 0.486 e. The Hall–Kier alpha value is -1.81. The summed E-state index contributed by atoms with van der Waals surface area (Å²) in [6.07, 6.45) is 1.62. The van der Waals surface area contributed by atoms with Crippen LogP contribution < -0.4 is 10.1 Å². The van der Waals surface area contributed by atoms with E-state index in [9.17, 15) is 4.39 Å². The van der Waals surface area contributed by atoms with Crippen LogP contribution in [0.2, 0.25) is 0 Å². The third kappa shape index (κ3) is 4.10. The van der Waals surface area contributed by atoms with E-state index in [1.54, 1.807) is 24.5 Å². The van der Waals surface area contributed by atoms with Crippen LogP contribution >= 0.6 is 0 Å². The summed E-state index contributed by atoms with van der Waals surface area (Å²) >= 11 is 0. The van der Waals surface area contributed by atoms with Gasteiger partial charge in [-0.1, -0.05) is 12.1 Å². The molecule has 20 heavy (non-hydrogen) atoms. The van der Waals surface area contributed by atoms with Gasteiger partial charge in [0.05, 0.1) is 12.8 Å². The van der Waals surface area contributed by atoms with Crippen LogP contribution in [0.1, 0.15) is 32.1 Å². The molecule has 1 aromatic carbocycles. The molecule has 2 aromatic rings. The zero-order valence-corrected chi connectivity index (χ0v) is 12.1. The topological polar surface area (TPSA) is 34.4 Å². The van der Waals surface area contributed by atoms with Crippen LogP contribution in [0.4, 0.5) is 4.39 Å². The van der Waals surface area contributed by atoms with Crippen molar-refractivity contribution < 1.29 is 13.5 Å². The van der Waals surface area contributed by atoms with Crippen LogP contribution in [0.5, 0.6) is 5.75 Å². The molecule has 0 aliphatic carbocycles. The fourth-order valence-corrected chi connectivity index (χ4v) is 1.71. The van der Waals surface area contributed by atoms with Crippen LogP contribution in [-0.4, -0.2) is 5.54 Å². The first kappa shape index (κ1) is 14.6. The first-order chi connectivity index (χ1) is 9.46. The van der Waals surface area contributed by atoms with Gasteiger partial charge in [-0.25, -0.2) is 4.39 Å². The number of hydrogen-bond acceptors (Lipinski definition) is 3. The first-order valence-electron chi connectivity index (χ1n) is 6.63. The molecule has 0 aliphatic rings. The molecule has 108 valence electrons. The van der Waals surface area contributed by atoms with E-state index < -0.39 is 0 Å². The van der Waals surface area contributed by atoms with E-state index in [1.165, 1.54) is 6.07 Å². The molecule has 4 heteroatoms. The van der Waals surface area contributed by atoms with Gasteiger partial charge in [0.25, 0.3) is 0 Å². The summed E-state index contributed by atoms with van der Waals surface area (Å²) in [5.41, 5.74) is 0.932. The van der Waals surface area contributed by atoms with Crippen molar-refractivity contribution in [2.75, 3.05) is 0 Å². The number of nitrogens with one attached hydrogen (secondary N) is 1. The van der Waals surface area contributed by atoms with Gasteiger partial charge in [-0.2, -0.15) is 0 Å². The van der Waals surface area contributed by atoms with Crippen molar-refractivity contribution in [2.24, 2.45) is 0 Å². The van der Waals surface area contributed by atoms with Gasteiger partial charge in [-0.05, 0) is 39.0 Å². The van der Waals surface area contributed by atoms with Crippen LogP contribution in [0.3, 0.4) is 0 Å². The molecule has 1 N–H and O–H groups in total. The highest BCUT2D eigenvalue weighted by Crippen LogP contribution is 2.19. The molecular formula is C16H20FNO2. The van der Waals surface area contributed by atoms with Crippen molar-refractivity contribution in [1.29, 1.82) is 0 Å². The summed E-state index contributed by atoms with van der Waals surface area (Å²) < 4.78 is 24.4. The summed E-state index contributed by atoms with van der Waals surface area (Å²) in [5, 5.41) is 3.35. The average molecular weight is 277 g/mol. The summed E-state index contributed by atoms with van der Waals surface area (Å²) in [6, 6.07) is 8.23. The number of ether oxygens (including phenoxy) is 1. The SMILES string of the molecule is CC(C)(C)NCc1occc1COc1ccccc1F. The van der Waals surface area contributed by atoms with Crippen molar-refractivity contribution in [1.82, 2.24) is 5.32 Å². The minimum absolute atomic E-state index is 0.0104. The molecular weight excluding hydrogens is 257 g/mol. The lowest BCUT2D eigenvalue weighted by atomic mass is 10.1. The molecule has 0 saturated heterocycles. The third-order valence-corrected chi connectivity index (χ3v) is 2.84. The Balaban J connectivity index is 1.97. The molecule has 0 fully saturated rings. The van der Waals surface area contributed by atoms with Gasteiger partial charge < -0.3 is 14.5 Å². The zero-order chi connectivity index (χ0) is 14.6. The Labute approximate surface area is 118 Å². The molecule has 0 spiro atoms. The van der Waals surface area contributed by atoms with Crippen LogP contribution in [-0.2, 0) is 13.2 Å². The highest BCUT2D eigenvalue weighted by Gasteiger charge is 2.13. The molecule has 0 unspecified atom stereocenters. The van der Waals surface area contributed by atoms with Gasteiger partial charge in [-0.15, -0.1) is 0 Å². The maximum atomic E-state index is 13.5. The second kappa shape index (κ2) is 6.09. The Kier molecular flexibility index (Phi) is 4.45. The Bertz CT molecular complexity index is 558. The first-order valence-corrected chi connectivity index (χ1v) is 6.63. The summed E-state index contributed by atoms with van der Waals surface area (Å²) in [6.45, 7) is 7.17. The van der Waals surface area contributed by atoms with Gasteiger partial charge in [0, 0.05) is 11.1 Å². The number of halogens is 1. The normalized spacial score (nSPS) is 11.6. The van der Waals surface area contributed by atoms with Gasteiger partial charge >= 0.3 is 0 Å². The van der Waals surface area contributed by atoms with E-state index in [0.717, 1.165) is 11.3 Å². The van der Waals surface area contributed by atoms with Crippen LogP contribution in [0, 0.1) is 5.82 Å². The number of furan rings is 1. The molecule has 3 nitrogen and oxygen atoms in total. The predicted octanol–water partition coefficient (Wildman–Crippen LogP) is 3.89. The fraction of sp³-hybridized carbons (Fsp3) is 0.375. The number of rotatable bonds is 5. The molecule has 0 amide bonds. The van der Waals surface area contributed by atoms with Gasteiger partial charge in [0.2, 0.25) is 0 Å². The molecule has 0 bridgehead atoms. The Morgan fingerprint density at radius 2 is 1.95 bits per heavy atom. The van der Waals surface area contributed by atoms with Crippen LogP contribution in [0.15, 0.2) is 41.0 Å². The average Bonchev–Trinajstić information content (AvgIpc) is 2.82. The Morgan fingerprint density at radius 1 is 1.20 bits per heavy atom. The van der Waals surface area contributed by atoms with E-state index >= 15 is 0 Å². The summed E-state index contributed by atoms with van der Waals surface area (Å²) in [5.74, 6) is 0.713. The van der Waals surface area contributed by atoms with E-state index in [1.807, 2.05) is 6.07 Å². The molecule has 2 rings (SSSR count). The molecule has 1 heterocycles. The standard InChI is InChI=1S/C16H20FNO2/c1-16(2,3)18-10-15-12(8-9-19-15)11-20-14-7-5-4-6-13(14)17/h4-9,18H,10-11H2,1-3H3. The summed E-state index contributed by atoms with van der Waals surface area (Å²) in [4.78, 5) is 0. The molecule has 0 radical (unpaired) electrons. The smallest absolute Gasteiger partial charge is 0.165 e. The van der Waals surface area contributed by atoms with Crippen molar-refractivity contribution in [2.45, 2.75) is 39.5 Å². The molecule has 0 aliphatic heterocycles. The fourth-order valence-electron chi connectivity index (χ4n) is 1.71. The summed E-state index contributed by atoms with van der Waals surface area (Å²) in [7, 11) is 0. The minimum atomic E-state index is -0.356. The van der Waals surface area contributed by atoms with E-state index in [4.69, 9.17) is 9.15 Å². The highest BCUT2D eigenvalue weighted by molar-refractivity contribution is 5.25. The van der Waals surface area contributed by atoms with Crippen molar-refractivity contribution >= 4 is 0 Å². The van der Waals surface area contributed by atoms with Crippen molar-refractivity contribution in [3.05, 3.63) is 53.7 Å². The van der Waals surface area contributed by atoms with Gasteiger partial charge in [-0.3, -0.25) is 0 Å². The number of hydrogen-bond donors (Lipinski definition) is 1. The van der Waals surface area contributed by atoms with E-state index in [0.29, 0.717) is 13.2 Å². The lowest BCUT2D eigenvalue weighted by Crippen LogP contribution is -2.35. The second-order valence-electron chi connectivity index (χ2n) is 5.69. The molecule has 0 atom stereocenters. The predicted molar refractivity (Wildman–Crippen MR) is 76.0 cm³/mol. The van der Waals surface area contributed by atoms with E-state index in [2.05, 4.69) is 26.1 Å². The number of para-hydroxylation sites is 1. The number of benzene rings is 1. The van der Waals surface area contributed by atoms with Crippen LogP contribution in [0.25, 0.3) is 0 Å². The maximum Gasteiger partial charge on any atom is 0.165 e. The van der Waals surface area contributed by atoms with E-state index in [-0.39, 0.29) is 17.1 Å². The third-order valence-electron chi connectivity index (χ3n) is 2.84. The lowest BCUT2D eigenvalue weighted by Gasteiger charge is -2.20. The molecule has 0 saturated carbocycles. The van der Waals surface area contributed by atoms with Crippen molar-refractivity contribution in [3.63, 3.8) is 0 Å². The van der Waals surface area contributed by atoms with Crippen molar-refractivity contribution in [3.8, 4) is 5.75 Å². The second-order valence-corrected chi connectivity index (χ2v) is 5.69. The van der Waals surface area contributed by atoms with Gasteiger partial charge in [0.15, 0.2) is 11.6 Å². The zero-order valence-electron chi connectivity index (χ0n) is 12.1. The lowest BCUT2D eigenvalue weighted by molar-refractivity contribution is 0.284. The maximum absolute atomic E-state index is 13.5. The quantitative estimate of drug-likeness (QED) is 0.900. The monoisotopic (exact) mass is 277 g/mol. The highest BCUT2D eigenvalue weighted by atomic mass is 19.1. The minimum Gasteiger partial charge on any atom is -0.486 e.